The molecule has 2 atom stereocenters. The number of amides is 2. The molecule has 1 heterocycles. The van der Waals surface area contributed by atoms with Gasteiger partial charge in [-0.1, -0.05) is 24.3 Å². The van der Waals surface area contributed by atoms with Crippen molar-refractivity contribution in [2.45, 2.75) is 38.4 Å². The number of nitrogens with zero attached hydrogens (tertiary/aromatic N) is 1. The lowest BCUT2D eigenvalue weighted by atomic mass is 9.80. The van der Waals surface area contributed by atoms with Gasteiger partial charge in [-0.25, -0.2) is 0 Å². The average Bonchev–Trinajstić information content (AvgIpc) is 3.01. The fourth-order valence-corrected chi connectivity index (χ4v) is 2.68. The maximum absolute atomic E-state index is 12.3. The third-order valence-corrected chi connectivity index (χ3v) is 3.97. The highest BCUT2D eigenvalue weighted by atomic mass is 16.4. The normalized spacial score (nSPS) is 18.6. The van der Waals surface area contributed by atoms with E-state index in [1.807, 2.05) is 0 Å². The second-order valence-electron chi connectivity index (χ2n) is 5.81. The van der Waals surface area contributed by atoms with Crippen LogP contribution >= 0.6 is 0 Å². The van der Waals surface area contributed by atoms with E-state index in [4.69, 9.17) is 15.8 Å². The van der Waals surface area contributed by atoms with Crippen molar-refractivity contribution in [2.75, 3.05) is 6.54 Å². The highest BCUT2D eigenvalue weighted by Gasteiger charge is 2.34. The number of nitrogens with two attached hydrogens (primary N) is 1. The summed E-state index contributed by atoms with van der Waals surface area (Å²) in [6.07, 6.45) is 1.43. The molecule has 2 rings (SSSR count). The Morgan fingerprint density at radius 3 is 2.61 bits per heavy atom. The van der Waals surface area contributed by atoms with Crippen molar-refractivity contribution in [3.8, 4) is 0 Å². The monoisotopic (exact) mass is 319 g/mol. The van der Waals surface area contributed by atoms with Crippen molar-refractivity contribution in [2.24, 2.45) is 5.73 Å². The smallest absolute Gasteiger partial charge is 0.423 e. The number of carbonyl (C=O) groups excluding carboxylic acids is 2. The fourth-order valence-electron chi connectivity index (χ4n) is 2.68. The molecular formula is C15H22BN3O4. The molecule has 0 saturated carbocycles. The van der Waals surface area contributed by atoms with Crippen LogP contribution in [0.1, 0.15) is 25.3 Å². The zero-order chi connectivity index (χ0) is 17.0. The van der Waals surface area contributed by atoms with E-state index in [0.29, 0.717) is 25.0 Å². The molecule has 1 aromatic carbocycles. The van der Waals surface area contributed by atoms with Crippen LogP contribution in [0.2, 0.25) is 0 Å². The summed E-state index contributed by atoms with van der Waals surface area (Å²) >= 11 is 0. The Hall–Kier alpha value is -1.90. The van der Waals surface area contributed by atoms with E-state index in [9.17, 15) is 9.59 Å². The highest BCUT2D eigenvalue weighted by molar-refractivity contribution is 6.58. The highest BCUT2D eigenvalue weighted by Crippen LogP contribution is 2.18. The number of hydrogen-bond acceptors (Lipinski definition) is 5. The number of rotatable bonds is 5. The molecule has 0 aliphatic carbocycles. The standard InChI is InChI=1S/C15H22BN3O4/c1-10(17)15(21)19-8-2-3-13(19)14(20)18-9-11-4-6-12(7-5-11)16(22)23/h4-7,10,13,22-23H,2-3,8-9,17H2,1H3,(H,18,20)/t10-,13-/m0/s1. The summed E-state index contributed by atoms with van der Waals surface area (Å²) in [5, 5.41) is 20.9. The predicted octanol–water partition coefficient (Wildman–Crippen LogP) is -1.68. The molecule has 23 heavy (non-hydrogen) atoms. The molecule has 5 N–H and O–H groups in total. The van der Waals surface area contributed by atoms with Crippen molar-refractivity contribution in [3.05, 3.63) is 29.8 Å². The van der Waals surface area contributed by atoms with Gasteiger partial charge in [-0.3, -0.25) is 9.59 Å². The van der Waals surface area contributed by atoms with E-state index >= 15 is 0 Å². The molecule has 124 valence electrons. The van der Waals surface area contributed by atoms with Gasteiger partial charge in [0.05, 0.1) is 6.04 Å². The quantitative estimate of drug-likeness (QED) is 0.484. The minimum atomic E-state index is -1.50. The molecule has 8 heteroatoms. The third kappa shape index (κ3) is 4.31. The summed E-state index contributed by atoms with van der Waals surface area (Å²) in [6.45, 7) is 2.49. The number of carbonyl (C=O) groups is 2. The SMILES string of the molecule is C[C@H](N)C(=O)N1CCC[C@H]1C(=O)NCc1ccc(B(O)O)cc1. The second kappa shape index (κ2) is 7.58. The molecule has 0 spiro atoms. The number of nitrogens with one attached hydrogen (secondary N) is 1. The number of benzene rings is 1. The largest absolute Gasteiger partial charge is 0.488 e. The zero-order valence-corrected chi connectivity index (χ0v) is 13.1. The Labute approximate surface area is 135 Å². The molecule has 0 bridgehead atoms. The summed E-state index contributed by atoms with van der Waals surface area (Å²) in [5.74, 6) is -0.397. The molecule has 0 radical (unpaired) electrons. The van der Waals surface area contributed by atoms with Crippen molar-refractivity contribution >= 4 is 24.4 Å². The molecule has 1 fully saturated rings. The fraction of sp³-hybridized carbons (Fsp3) is 0.467. The first kappa shape index (κ1) is 17.5. The maximum Gasteiger partial charge on any atom is 0.488 e. The Morgan fingerprint density at radius 1 is 1.39 bits per heavy atom. The van der Waals surface area contributed by atoms with Gasteiger partial charge in [0.15, 0.2) is 0 Å². The zero-order valence-electron chi connectivity index (χ0n) is 13.1. The first-order valence-electron chi connectivity index (χ1n) is 7.69. The van der Waals surface area contributed by atoms with Gasteiger partial charge in [-0.05, 0) is 30.8 Å². The van der Waals surface area contributed by atoms with Crippen LogP contribution in [0.4, 0.5) is 0 Å². The summed E-state index contributed by atoms with van der Waals surface area (Å²) < 4.78 is 0. The summed E-state index contributed by atoms with van der Waals surface area (Å²) in [7, 11) is -1.50. The molecule has 1 aromatic rings. The van der Waals surface area contributed by atoms with Gasteiger partial charge in [0, 0.05) is 13.1 Å². The summed E-state index contributed by atoms with van der Waals surface area (Å²) in [6, 6.07) is 5.54. The first-order valence-corrected chi connectivity index (χ1v) is 7.69. The lowest BCUT2D eigenvalue weighted by Crippen LogP contribution is -2.50. The Bertz CT molecular complexity index is 562. The van der Waals surface area contributed by atoms with Crippen LogP contribution in [0.25, 0.3) is 0 Å². The lowest BCUT2D eigenvalue weighted by Gasteiger charge is -2.25. The summed E-state index contributed by atoms with van der Waals surface area (Å²) in [5.41, 5.74) is 6.85. The van der Waals surface area contributed by atoms with Crippen molar-refractivity contribution in [3.63, 3.8) is 0 Å². The van der Waals surface area contributed by atoms with Crippen LogP contribution in [0.15, 0.2) is 24.3 Å². The van der Waals surface area contributed by atoms with E-state index in [1.54, 1.807) is 36.1 Å². The Kier molecular flexibility index (Phi) is 5.76. The molecule has 1 saturated heterocycles. The van der Waals surface area contributed by atoms with E-state index in [2.05, 4.69) is 5.32 Å². The van der Waals surface area contributed by atoms with Gasteiger partial charge in [-0.15, -0.1) is 0 Å². The summed E-state index contributed by atoms with van der Waals surface area (Å²) in [4.78, 5) is 25.9. The van der Waals surface area contributed by atoms with Crippen LogP contribution in [0, 0.1) is 0 Å². The molecule has 1 aliphatic heterocycles. The minimum Gasteiger partial charge on any atom is -0.423 e. The van der Waals surface area contributed by atoms with Gasteiger partial charge in [0.25, 0.3) is 0 Å². The molecule has 2 amide bonds. The van der Waals surface area contributed by atoms with Gasteiger partial charge < -0.3 is 26.0 Å². The van der Waals surface area contributed by atoms with E-state index in [0.717, 1.165) is 12.0 Å². The van der Waals surface area contributed by atoms with Crippen LogP contribution < -0.4 is 16.5 Å². The van der Waals surface area contributed by atoms with Crippen molar-refractivity contribution in [1.29, 1.82) is 0 Å². The van der Waals surface area contributed by atoms with Crippen LogP contribution in [-0.2, 0) is 16.1 Å². The van der Waals surface area contributed by atoms with E-state index in [1.165, 1.54) is 0 Å². The van der Waals surface area contributed by atoms with Crippen molar-refractivity contribution < 1.29 is 19.6 Å². The average molecular weight is 319 g/mol. The molecule has 0 aromatic heterocycles. The predicted molar refractivity (Wildman–Crippen MR) is 86.5 cm³/mol. The number of hydrogen-bond donors (Lipinski definition) is 4. The molecular weight excluding hydrogens is 297 g/mol. The Balaban J connectivity index is 1.92. The van der Waals surface area contributed by atoms with Gasteiger partial charge in [-0.2, -0.15) is 0 Å². The molecule has 0 unspecified atom stereocenters. The topological polar surface area (TPSA) is 116 Å². The lowest BCUT2D eigenvalue weighted by molar-refractivity contribution is -0.139. The van der Waals surface area contributed by atoms with Crippen molar-refractivity contribution in [1.82, 2.24) is 10.2 Å². The van der Waals surface area contributed by atoms with Crippen LogP contribution in [0.3, 0.4) is 0 Å². The maximum atomic E-state index is 12.3. The van der Waals surface area contributed by atoms with E-state index < -0.39 is 19.2 Å². The second-order valence-corrected chi connectivity index (χ2v) is 5.81. The van der Waals surface area contributed by atoms with Crippen LogP contribution in [0.5, 0.6) is 0 Å². The van der Waals surface area contributed by atoms with Crippen LogP contribution in [-0.4, -0.2) is 52.5 Å². The third-order valence-electron chi connectivity index (χ3n) is 3.97. The molecule has 7 nitrogen and oxygen atoms in total. The van der Waals surface area contributed by atoms with Gasteiger partial charge >= 0.3 is 7.12 Å². The molecule has 1 aliphatic rings. The number of likely N-dealkylation sites (tertiary alicyclic amines) is 1. The van der Waals surface area contributed by atoms with Gasteiger partial charge in [0.1, 0.15) is 6.04 Å². The minimum absolute atomic E-state index is 0.192. The van der Waals surface area contributed by atoms with Gasteiger partial charge in [0.2, 0.25) is 11.8 Å². The first-order chi connectivity index (χ1) is 10.9. The Morgan fingerprint density at radius 2 is 2.04 bits per heavy atom. The van der Waals surface area contributed by atoms with E-state index in [-0.39, 0.29) is 11.8 Å².